The Morgan fingerprint density at radius 2 is 1.29 bits per heavy atom. The first-order valence-corrected chi connectivity index (χ1v) is 19.3. The number of nitrogens with zero attached hydrogens (tertiary/aromatic N) is 4. The van der Waals surface area contributed by atoms with E-state index < -0.39 is 5.41 Å². The van der Waals surface area contributed by atoms with Crippen LogP contribution in [0.1, 0.15) is 35.3 Å². The number of para-hydroxylation sites is 3. The normalized spacial score (nSPS) is 18.1. The Kier molecular flexibility index (Phi) is 7.27. The minimum atomic E-state index is -0.453. The number of furan rings is 1. The van der Waals surface area contributed by atoms with E-state index in [4.69, 9.17) is 14.4 Å². The summed E-state index contributed by atoms with van der Waals surface area (Å²) in [4.78, 5) is 13.2. The zero-order valence-corrected chi connectivity index (χ0v) is 31.2. The molecule has 2 atom stereocenters. The van der Waals surface area contributed by atoms with Crippen molar-refractivity contribution in [2.45, 2.75) is 19.5 Å². The van der Waals surface area contributed by atoms with Crippen LogP contribution in [0.25, 0.3) is 66.6 Å². The van der Waals surface area contributed by atoms with Crippen molar-refractivity contribution in [2.24, 2.45) is 15.4 Å². The highest BCUT2D eigenvalue weighted by molar-refractivity contribution is 6.12. The number of benzene rings is 7. The van der Waals surface area contributed by atoms with Gasteiger partial charge in [-0.3, -0.25) is 0 Å². The van der Waals surface area contributed by atoms with Gasteiger partial charge in [0.15, 0.2) is 0 Å². The highest BCUT2D eigenvalue weighted by Crippen LogP contribution is 2.42. The summed E-state index contributed by atoms with van der Waals surface area (Å²) in [7, 11) is 2.11. The SMILES string of the molecule is CN1C(c2ccc(-c3ccccc3)cc2)=NC(C2(C)C=Cc3cc4c5ccccc5n(-c5ccccc5)c4cc3C2)=NC1c1ccc2oc3ccccc3c2c1. The van der Waals surface area contributed by atoms with E-state index in [1.165, 1.54) is 44.1 Å². The van der Waals surface area contributed by atoms with Gasteiger partial charge in [0, 0.05) is 45.3 Å². The Morgan fingerprint density at radius 1 is 0.607 bits per heavy atom. The molecule has 268 valence electrons. The molecule has 0 saturated carbocycles. The van der Waals surface area contributed by atoms with E-state index in [1.54, 1.807) is 0 Å². The van der Waals surface area contributed by atoms with Crippen LogP contribution in [0.2, 0.25) is 0 Å². The van der Waals surface area contributed by atoms with Crippen molar-refractivity contribution in [3.63, 3.8) is 0 Å². The second-order valence-electron chi connectivity index (χ2n) is 15.4. The lowest BCUT2D eigenvalue weighted by atomic mass is 9.76. The van der Waals surface area contributed by atoms with Crippen LogP contribution in [-0.4, -0.2) is 28.2 Å². The lowest BCUT2D eigenvalue weighted by Gasteiger charge is -2.37. The Bertz CT molecular complexity index is 3080. The number of amidine groups is 2. The minimum Gasteiger partial charge on any atom is -0.456 e. The van der Waals surface area contributed by atoms with E-state index in [1.807, 2.05) is 12.1 Å². The molecule has 2 aliphatic rings. The topological polar surface area (TPSA) is 46.0 Å². The van der Waals surface area contributed by atoms with Crippen LogP contribution in [0, 0.1) is 5.41 Å². The molecular formula is C51H38N4O. The summed E-state index contributed by atoms with van der Waals surface area (Å²) in [5.41, 5.74) is 11.9. The summed E-state index contributed by atoms with van der Waals surface area (Å²) in [5.74, 6) is 1.72. The summed E-state index contributed by atoms with van der Waals surface area (Å²) in [6.45, 7) is 2.29. The average Bonchev–Trinajstić information content (AvgIpc) is 3.78. The van der Waals surface area contributed by atoms with Crippen LogP contribution in [0.3, 0.4) is 0 Å². The van der Waals surface area contributed by atoms with E-state index in [2.05, 4.69) is 187 Å². The lowest BCUT2D eigenvalue weighted by molar-refractivity contribution is 0.375. The van der Waals surface area contributed by atoms with Gasteiger partial charge in [-0.15, -0.1) is 0 Å². The molecule has 2 aromatic heterocycles. The summed E-state index contributed by atoms with van der Waals surface area (Å²) >= 11 is 0. The number of aromatic nitrogens is 1. The molecule has 9 aromatic rings. The molecule has 1 aliphatic heterocycles. The molecule has 2 unspecified atom stereocenters. The van der Waals surface area contributed by atoms with Crippen molar-refractivity contribution < 1.29 is 4.42 Å². The van der Waals surface area contributed by atoms with Gasteiger partial charge < -0.3 is 13.9 Å². The number of aliphatic imine (C=N–C) groups is 2. The first kappa shape index (κ1) is 32.5. The average molecular weight is 723 g/mol. The molecule has 56 heavy (non-hydrogen) atoms. The third-order valence-electron chi connectivity index (χ3n) is 11.8. The van der Waals surface area contributed by atoms with Gasteiger partial charge in [-0.2, -0.15) is 0 Å². The largest absolute Gasteiger partial charge is 0.456 e. The second-order valence-corrected chi connectivity index (χ2v) is 15.4. The summed E-state index contributed by atoms with van der Waals surface area (Å²) in [5, 5.41) is 4.72. The predicted molar refractivity (Wildman–Crippen MR) is 232 cm³/mol. The highest BCUT2D eigenvalue weighted by atomic mass is 16.3. The monoisotopic (exact) mass is 722 g/mol. The lowest BCUT2D eigenvalue weighted by Crippen LogP contribution is -2.40. The number of rotatable bonds is 5. The minimum absolute atomic E-state index is 0.293. The van der Waals surface area contributed by atoms with Gasteiger partial charge in [0.2, 0.25) is 0 Å². The smallest absolute Gasteiger partial charge is 0.150 e. The molecule has 0 N–H and O–H groups in total. The molecule has 0 amide bonds. The van der Waals surface area contributed by atoms with Crippen LogP contribution in [0.5, 0.6) is 0 Å². The summed E-state index contributed by atoms with van der Waals surface area (Å²) < 4.78 is 8.63. The zero-order valence-electron chi connectivity index (χ0n) is 31.2. The van der Waals surface area contributed by atoms with E-state index in [-0.39, 0.29) is 6.17 Å². The fraction of sp³-hybridized carbons (Fsp3) is 0.0980. The van der Waals surface area contributed by atoms with Crippen LogP contribution in [-0.2, 0) is 6.42 Å². The van der Waals surface area contributed by atoms with E-state index in [0.717, 1.165) is 56.8 Å². The van der Waals surface area contributed by atoms with Crippen molar-refractivity contribution in [1.29, 1.82) is 0 Å². The van der Waals surface area contributed by atoms with Crippen molar-refractivity contribution in [1.82, 2.24) is 9.47 Å². The van der Waals surface area contributed by atoms with E-state index >= 15 is 0 Å². The molecular weight excluding hydrogens is 685 g/mol. The standard InChI is InChI=1S/C51H38N4O/c1-51(28-27-36-29-42-40-17-9-11-19-44(40)55(39-15-7-4-8-16-39)45(42)31-38(36)32-51)50-52-48(35-23-21-34(22-24-35)33-13-5-3-6-14-33)54(2)49(53-50)37-25-26-47-43(30-37)41-18-10-12-20-46(41)56-47/h3-31,49H,32H2,1-2H3. The molecule has 11 rings (SSSR count). The Morgan fingerprint density at radius 3 is 2.11 bits per heavy atom. The maximum absolute atomic E-state index is 6.23. The molecule has 1 aliphatic carbocycles. The first-order chi connectivity index (χ1) is 27.5. The van der Waals surface area contributed by atoms with Crippen LogP contribution >= 0.6 is 0 Å². The maximum atomic E-state index is 6.23. The van der Waals surface area contributed by atoms with Gasteiger partial charge >= 0.3 is 0 Å². The fourth-order valence-electron chi connectivity index (χ4n) is 8.83. The molecule has 5 heteroatoms. The van der Waals surface area contributed by atoms with Crippen molar-refractivity contribution in [3.05, 3.63) is 192 Å². The van der Waals surface area contributed by atoms with Crippen molar-refractivity contribution >= 4 is 61.5 Å². The van der Waals surface area contributed by atoms with Gasteiger partial charge in [-0.25, -0.2) is 9.98 Å². The van der Waals surface area contributed by atoms with E-state index in [9.17, 15) is 0 Å². The fourth-order valence-corrected chi connectivity index (χ4v) is 8.83. The van der Waals surface area contributed by atoms with Gasteiger partial charge in [0.05, 0.1) is 11.0 Å². The van der Waals surface area contributed by atoms with Gasteiger partial charge in [0.25, 0.3) is 0 Å². The molecule has 0 saturated heterocycles. The Balaban J connectivity index is 1.05. The molecule has 0 spiro atoms. The first-order valence-electron chi connectivity index (χ1n) is 19.3. The molecule has 5 nitrogen and oxygen atoms in total. The molecule has 0 fully saturated rings. The quantitative estimate of drug-likeness (QED) is 0.178. The van der Waals surface area contributed by atoms with Gasteiger partial charge in [-0.1, -0.05) is 127 Å². The number of hydrogen-bond acceptors (Lipinski definition) is 4. The molecule has 0 bridgehead atoms. The zero-order chi connectivity index (χ0) is 37.4. The highest BCUT2D eigenvalue weighted by Gasteiger charge is 2.37. The Hall–Kier alpha value is -6.98. The molecule has 7 aromatic carbocycles. The van der Waals surface area contributed by atoms with Crippen LogP contribution in [0.4, 0.5) is 0 Å². The molecule has 3 heterocycles. The van der Waals surface area contributed by atoms with Crippen molar-refractivity contribution in [3.8, 4) is 16.8 Å². The van der Waals surface area contributed by atoms with Crippen molar-refractivity contribution in [2.75, 3.05) is 7.05 Å². The van der Waals surface area contributed by atoms with Gasteiger partial charge in [-0.05, 0) is 89.7 Å². The number of fused-ring (bicyclic) bond motifs is 7. The van der Waals surface area contributed by atoms with Crippen LogP contribution in [0.15, 0.2) is 184 Å². The summed E-state index contributed by atoms with van der Waals surface area (Å²) in [6, 6.07) is 58.2. The Labute approximate surface area is 325 Å². The summed E-state index contributed by atoms with van der Waals surface area (Å²) in [6.07, 6.45) is 5.09. The second kappa shape index (κ2) is 12.5. The molecule has 0 radical (unpaired) electrons. The van der Waals surface area contributed by atoms with Gasteiger partial charge in [0.1, 0.15) is 29.0 Å². The van der Waals surface area contributed by atoms with E-state index in [0.29, 0.717) is 0 Å². The maximum Gasteiger partial charge on any atom is 0.150 e. The number of hydrogen-bond donors (Lipinski definition) is 0. The predicted octanol–water partition coefficient (Wildman–Crippen LogP) is 12.4. The third-order valence-corrected chi connectivity index (χ3v) is 11.8. The van der Waals surface area contributed by atoms with Crippen LogP contribution < -0.4 is 0 Å². The third kappa shape index (κ3) is 5.15.